The maximum absolute atomic E-state index is 6.16. The molecular formula is C13H15Cl2N3OS. The molecule has 108 valence electrons. The molecule has 0 saturated heterocycles. The van der Waals surface area contributed by atoms with Gasteiger partial charge >= 0.3 is 0 Å². The molecule has 0 aliphatic carbocycles. The summed E-state index contributed by atoms with van der Waals surface area (Å²) in [7, 11) is 1.69. The molecule has 0 amide bonds. The Morgan fingerprint density at radius 2 is 1.95 bits per heavy atom. The molecule has 0 bridgehead atoms. The first-order valence-electron chi connectivity index (χ1n) is 6.19. The van der Waals surface area contributed by atoms with Crippen molar-refractivity contribution in [3.8, 4) is 10.6 Å². The van der Waals surface area contributed by atoms with E-state index in [-0.39, 0.29) is 0 Å². The third kappa shape index (κ3) is 4.14. The van der Waals surface area contributed by atoms with Gasteiger partial charge in [-0.15, -0.1) is 10.2 Å². The van der Waals surface area contributed by atoms with Crippen molar-refractivity contribution in [3.63, 3.8) is 0 Å². The highest BCUT2D eigenvalue weighted by Gasteiger charge is 2.13. The van der Waals surface area contributed by atoms with E-state index in [9.17, 15) is 0 Å². The number of rotatable bonds is 7. The Morgan fingerprint density at radius 1 is 1.20 bits per heavy atom. The van der Waals surface area contributed by atoms with Gasteiger partial charge in [0.1, 0.15) is 5.01 Å². The quantitative estimate of drug-likeness (QED) is 0.791. The van der Waals surface area contributed by atoms with Crippen molar-refractivity contribution in [3.05, 3.63) is 33.3 Å². The van der Waals surface area contributed by atoms with Gasteiger partial charge in [-0.3, -0.25) is 0 Å². The lowest BCUT2D eigenvalue weighted by Crippen LogP contribution is -2.21. The maximum Gasteiger partial charge on any atom is 0.150 e. The second-order valence-corrected chi connectivity index (χ2v) is 5.97. The van der Waals surface area contributed by atoms with E-state index in [1.165, 1.54) is 11.3 Å². The van der Waals surface area contributed by atoms with Crippen LogP contribution in [0.15, 0.2) is 18.2 Å². The van der Waals surface area contributed by atoms with Crippen molar-refractivity contribution in [2.75, 3.05) is 26.8 Å². The van der Waals surface area contributed by atoms with Crippen molar-refractivity contribution in [1.82, 2.24) is 15.5 Å². The summed E-state index contributed by atoms with van der Waals surface area (Å²) in [6.45, 7) is 2.38. The summed E-state index contributed by atoms with van der Waals surface area (Å²) in [5, 5.41) is 14.5. The zero-order valence-electron chi connectivity index (χ0n) is 11.0. The second kappa shape index (κ2) is 7.90. The van der Waals surface area contributed by atoms with E-state index in [1.807, 2.05) is 6.07 Å². The fourth-order valence-corrected chi connectivity index (χ4v) is 3.25. The van der Waals surface area contributed by atoms with Crippen LogP contribution in [0.25, 0.3) is 10.6 Å². The molecule has 1 heterocycles. The zero-order valence-corrected chi connectivity index (χ0v) is 13.4. The van der Waals surface area contributed by atoms with Crippen LogP contribution in [0.2, 0.25) is 10.0 Å². The Balaban J connectivity index is 1.98. The molecule has 0 unspecified atom stereocenters. The minimum absolute atomic E-state index is 0.596. The van der Waals surface area contributed by atoms with Gasteiger partial charge in [-0.05, 0) is 12.1 Å². The molecule has 0 atom stereocenters. The third-order valence-corrected chi connectivity index (χ3v) is 4.27. The predicted octanol–water partition coefficient (Wildman–Crippen LogP) is 3.29. The predicted molar refractivity (Wildman–Crippen MR) is 83.8 cm³/mol. The van der Waals surface area contributed by atoms with Crippen LogP contribution in [-0.4, -0.2) is 37.0 Å². The van der Waals surface area contributed by atoms with E-state index in [4.69, 9.17) is 27.9 Å². The normalized spacial score (nSPS) is 10.9. The van der Waals surface area contributed by atoms with Crippen LogP contribution in [0.5, 0.6) is 0 Å². The van der Waals surface area contributed by atoms with Crippen LogP contribution in [0.4, 0.5) is 0 Å². The average molecular weight is 332 g/mol. The monoisotopic (exact) mass is 331 g/mol. The Hall–Kier alpha value is -0.720. The number of hydrogen-bond donors (Lipinski definition) is 1. The molecular weight excluding hydrogens is 317 g/mol. The number of methoxy groups -OCH3 is 1. The van der Waals surface area contributed by atoms with Gasteiger partial charge in [0, 0.05) is 32.2 Å². The molecule has 1 N–H and O–H groups in total. The molecule has 0 radical (unpaired) electrons. The number of nitrogens with one attached hydrogen (secondary N) is 1. The number of ether oxygens (including phenoxy) is 1. The molecule has 0 fully saturated rings. The Kier molecular flexibility index (Phi) is 6.19. The molecule has 0 aliphatic rings. The van der Waals surface area contributed by atoms with Gasteiger partial charge in [0.25, 0.3) is 0 Å². The minimum atomic E-state index is 0.596. The third-order valence-electron chi connectivity index (χ3n) is 2.64. The molecule has 4 nitrogen and oxygen atoms in total. The van der Waals surface area contributed by atoms with Crippen molar-refractivity contribution >= 4 is 34.5 Å². The number of aromatic nitrogens is 2. The topological polar surface area (TPSA) is 47.0 Å². The molecule has 7 heteroatoms. The summed E-state index contributed by atoms with van der Waals surface area (Å²) in [4.78, 5) is 0. The number of benzene rings is 1. The van der Waals surface area contributed by atoms with Crippen molar-refractivity contribution < 1.29 is 4.74 Å². The Morgan fingerprint density at radius 3 is 2.65 bits per heavy atom. The Bertz CT molecular complexity index is 542. The van der Waals surface area contributed by atoms with Gasteiger partial charge in [-0.25, -0.2) is 0 Å². The highest BCUT2D eigenvalue weighted by molar-refractivity contribution is 7.14. The number of hydrogen-bond acceptors (Lipinski definition) is 5. The van der Waals surface area contributed by atoms with E-state index in [0.29, 0.717) is 16.7 Å². The number of nitrogens with zero attached hydrogens (tertiary/aromatic N) is 2. The molecule has 0 spiro atoms. The van der Waals surface area contributed by atoms with Gasteiger partial charge in [0.15, 0.2) is 5.01 Å². The molecule has 2 aromatic rings. The highest BCUT2D eigenvalue weighted by Crippen LogP contribution is 2.36. The summed E-state index contributed by atoms with van der Waals surface area (Å²) in [5.41, 5.74) is 0.756. The lowest BCUT2D eigenvalue weighted by Gasteiger charge is -2.02. The SMILES string of the molecule is COCCNCCc1nnc(-c2c(Cl)cccc2Cl)s1. The van der Waals surface area contributed by atoms with Crippen molar-refractivity contribution in [2.24, 2.45) is 0 Å². The zero-order chi connectivity index (χ0) is 14.4. The molecule has 1 aromatic carbocycles. The van der Waals surface area contributed by atoms with E-state index < -0.39 is 0 Å². The largest absolute Gasteiger partial charge is 0.383 e. The van der Waals surface area contributed by atoms with E-state index in [0.717, 1.165) is 35.1 Å². The van der Waals surface area contributed by atoms with Crippen LogP contribution in [-0.2, 0) is 11.2 Å². The first kappa shape index (κ1) is 15.7. The summed E-state index contributed by atoms with van der Waals surface area (Å²) >= 11 is 13.8. The van der Waals surface area contributed by atoms with Gasteiger partial charge < -0.3 is 10.1 Å². The smallest absolute Gasteiger partial charge is 0.150 e. The summed E-state index contributed by atoms with van der Waals surface area (Å²) in [5.74, 6) is 0. The van der Waals surface area contributed by atoms with Gasteiger partial charge in [-0.2, -0.15) is 0 Å². The number of halogens is 2. The first-order chi connectivity index (χ1) is 9.72. The summed E-state index contributed by atoms with van der Waals surface area (Å²) < 4.78 is 4.97. The van der Waals surface area contributed by atoms with Crippen LogP contribution >= 0.6 is 34.5 Å². The summed E-state index contributed by atoms with van der Waals surface area (Å²) in [6, 6.07) is 5.42. The Labute approximate surface area is 132 Å². The fraction of sp³-hybridized carbons (Fsp3) is 0.385. The molecule has 0 aliphatic heterocycles. The van der Waals surface area contributed by atoms with Crippen molar-refractivity contribution in [1.29, 1.82) is 0 Å². The van der Waals surface area contributed by atoms with Crippen LogP contribution < -0.4 is 5.32 Å². The van der Waals surface area contributed by atoms with Crippen LogP contribution in [0.3, 0.4) is 0 Å². The van der Waals surface area contributed by atoms with E-state index in [1.54, 1.807) is 19.2 Å². The molecule has 20 heavy (non-hydrogen) atoms. The lowest BCUT2D eigenvalue weighted by molar-refractivity contribution is 0.199. The van der Waals surface area contributed by atoms with Gasteiger partial charge in [-0.1, -0.05) is 40.6 Å². The summed E-state index contributed by atoms with van der Waals surface area (Å²) in [6.07, 6.45) is 0.823. The first-order valence-corrected chi connectivity index (χ1v) is 7.76. The standard InChI is InChI=1S/C13H15Cl2N3OS/c1-19-8-7-16-6-5-11-17-18-13(20-11)12-9(14)3-2-4-10(12)15/h2-4,16H,5-8H2,1H3. The van der Waals surface area contributed by atoms with Crippen LogP contribution in [0.1, 0.15) is 5.01 Å². The van der Waals surface area contributed by atoms with Crippen molar-refractivity contribution in [2.45, 2.75) is 6.42 Å². The second-order valence-electron chi connectivity index (χ2n) is 4.09. The molecule has 2 rings (SSSR count). The van der Waals surface area contributed by atoms with Crippen LogP contribution in [0, 0.1) is 0 Å². The molecule has 1 aromatic heterocycles. The van der Waals surface area contributed by atoms with Gasteiger partial charge in [0.05, 0.1) is 16.7 Å². The highest BCUT2D eigenvalue weighted by atomic mass is 35.5. The lowest BCUT2D eigenvalue weighted by atomic mass is 10.2. The average Bonchev–Trinajstić information content (AvgIpc) is 2.87. The maximum atomic E-state index is 6.16. The fourth-order valence-electron chi connectivity index (χ4n) is 1.65. The van der Waals surface area contributed by atoms with E-state index >= 15 is 0 Å². The van der Waals surface area contributed by atoms with Gasteiger partial charge in [0.2, 0.25) is 0 Å². The molecule has 0 saturated carbocycles. The van der Waals surface area contributed by atoms with E-state index in [2.05, 4.69) is 15.5 Å². The minimum Gasteiger partial charge on any atom is -0.383 e.